The molecule has 34 heavy (non-hydrogen) atoms. The Morgan fingerprint density at radius 2 is 1.91 bits per heavy atom. The van der Waals surface area contributed by atoms with Gasteiger partial charge in [-0.15, -0.1) is 11.3 Å². The number of aliphatic hydroxyl groups is 1. The molecule has 0 saturated carbocycles. The molecule has 0 saturated heterocycles. The summed E-state index contributed by atoms with van der Waals surface area (Å²) in [7, 11) is 0. The van der Waals surface area contributed by atoms with Crippen LogP contribution in [0.2, 0.25) is 5.02 Å². The number of ether oxygens (including phenoxy) is 2. The first kappa shape index (κ1) is 24.6. The highest BCUT2D eigenvalue weighted by Gasteiger charge is 2.57. The summed E-state index contributed by atoms with van der Waals surface area (Å²) < 4.78 is 55.3. The molecule has 1 N–H and O–H groups in total. The van der Waals surface area contributed by atoms with E-state index in [-0.39, 0.29) is 29.4 Å². The fraction of sp³-hybridized carbons (Fsp3) is 0.375. The number of rotatable bonds is 8. The summed E-state index contributed by atoms with van der Waals surface area (Å²) in [6.07, 6.45) is -2.61. The third-order valence-electron chi connectivity index (χ3n) is 5.93. The highest BCUT2D eigenvalue weighted by atomic mass is 35.5. The van der Waals surface area contributed by atoms with E-state index in [4.69, 9.17) is 21.1 Å². The minimum atomic E-state index is -4.95. The van der Waals surface area contributed by atoms with Crippen molar-refractivity contribution in [3.63, 3.8) is 0 Å². The van der Waals surface area contributed by atoms with Gasteiger partial charge in [-0.05, 0) is 35.3 Å². The monoisotopic (exact) mass is 513 g/mol. The third-order valence-corrected chi connectivity index (χ3v) is 7.10. The number of fused-ring (bicyclic) bond motifs is 1. The summed E-state index contributed by atoms with van der Waals surface area (Å²) in [5, 5.41) is 12.6. The number of pyridine rings is 1. The van der Waals surface area contributed by atoms with Crippen molar-refractivity contribution < 1.29 is 27.8 Å². The molecule has 1 aliphatic rings. The summed E-state index contributed by atoms with van der Waals surface area (Å²) in [4.78, 5) is 12.3. The number of alkyl halides is 3. The maximum atomic E-state index is 14.5. The van der Waals surface area contributed by atoms with Crippen LogP contribution in [0.25, 0.3) is 10.2 Å². The lowest BCUT2D eigenvalue weighted by Crippen LogP contribution is -2.52. The molecule has 4 rings (SSSR count). The molecule has 1 aromatic carbocycles. The fourth-order valence-electron chi connectivity index (χ4n) is 4.50. The average Bonchev–Trinajstić information content (AvgIpc) is 3.43. The molecule has 0 radical (unpaired) electrons. The maximum Gasteiger partial charge on any atom is 0.418 e. The average molecular weight is 514 g/mol. The summed E-state index contributed by atoms with van der Waals surface area (Å²) in [6.45, 7) is 0.884. The van der Waals surface area contributed by atoms with Crippen molar-refractivity contribution in [2.75, 3.05) is 6.79 Å². The van der Waals surface area contributed by atoms with Crippen molar-refractivity contribution >= 4 is 33.2 Å². The molecule has 2 aromatic heterocycles. The van der Waals surface area contributed by atoms with Crippen LogP contribution in [0.3, 0.4) is 0 Å². The van der Waals surface area contributed by atoms with Gasteiger partial charge in [0.15, 0.2) is 5.60 Å². The Labute approximate surface area is 203 Å². The van der Waals surface area contributed by atoms with Gasteiger partial charge in [-0.3, -0.25) is 4.79 Å². The van der Waals surface area contributed by atoms with E-state index in [9.17, 15) is 23.1 Å². The molecule has 2 atom stereocenters. The number of nitrogens with zero attached hydrogens (tertiary/aromatic N) is 1. The Kier molecular flexibility index (Phi) is 6.72. The van der Waals surface area contributed by atoms with Crippen LogP contribution in [0.1, 0.15) is 25.3 Å². The SMILES string of the molecule is CC(CC1=COCO1)(Cc1ccccc1)CC(O)(Cn1cc(Cl)c(=O)c2sccc21)C(F)(F)F. The van der Waals surface area contributed by atoms with Crippen molar-refractivity contribution in [1.29, 1.82) is 0 Å². The summed E-state index contributed by atoms with van der Waals surface area (Å²) in [6, 6.07) is 10.7. The van der Waals surface area contributed by atoms with Gasteiger partial charge in [0.05, 0.1) is 16.8 Å². The van der Waals surface area contributed by atoms with Crippen LogP contribution in [0, 0.1) is 5.41 Å². The van der Waals surface area contributed by atoms with Crippen LogP contribution < -0.4 is 5.43 Å². The van der Waals surface area contributed by atoms with Gasteiger partial charge in [-0.2, -0.15) is 13.2 Å². The fourth-order valence-corrected chi connectivity index (χ4v) is 5.62. The van der Waals surface area contributed by atoms with Gasteiger partial charge < -0.3 is 19.1 Å². The Bertz CT molecular complexity index is 1260. The molecular formula is C24H23ClF3NO4S. The number of hydrogen-bond donors (Lipinski definition) is 1. The zero-order chi connectivity index (χ0) is 24.6. The van der Waals surface area contributed by atoms with E-state index in [0.29, 0.717) is 11.3 Å². The first-order chi connectivity index (χ1) is 16.0. The highest BCUT2D eigenvalue weighted by molar-refractivity contribution is 7.17. The molecule has 0 fully saturated rings. The quantitative estimate of drug-likeness (QED) is 0.408. The first-order valence-corrected chi connectivity index (χ1v) is 11.8. The maximum absolute atomic E-state index is 14.5. The Balaban J connectivity index is 1.73. The predicted octanol–water partition coefficient (Wildman–Crippen LogP) is 5.88. The molecule has 0 spiro atoms. The zero-order valence-corrected chi connectivity index (χ0v) is 19.8. The Hall–Kier alpha value is -2.49. The topological polar surface area (TPSA) is 60.7 Å². The molecule has 3 aromatic rings. The number of thiophene rings is 1. The van der Waals surface area contributed by atoms with E-state index < -0.39 is 35.6 Å². The largest absolute Gasteiger partial charge is 0.462 e. The normalized spacial score (nSPS) is 17.5. The molecule has 10 heteroatoms. The lowest BCUT2D eigenvalue weighted by molar-refractivity contribution is -0.275. The standard InChI is InChI=1S/C24H23ClF3NO4S/c1-22(10-17-12-32-15-33-17,9-16-5-3-2-4-6-16)13-23(31,24(26,27)28)14-29-11-18(25)20(30)21-19(29)7-8-34-21/h2-8,11-12,31H,9-10,13-15H2,1H3. The van der Waals surface area contributed by atoms with Crippen molar-refractivity contribution in [3.05, 3.63) is 80.8 Å². The molecule has 182 valence electrons. The zero-order valence-electron chi connectivity index (χ0n) is 18.3. The smallest absolute Gasteiger partial charge is 0.418 e. The lowest BCUT2D eigenvalue weighted by Gasteiger charge is -2.40. The van der Waals surface area contributed by atoms with Gasteiger partial charge in [0, 0.05) is 12.6 Å². The van der Waals surface area contributed by atoms with Crippen LogP contribution in [0.5, 0.6) is 0 Å². The van der Waals surface area contributed by atoms with Gasteiger partial charge in [-0.25, -0.2) is 0 Å². The van der Waals surface area contributed by atoms with Gasteiger partial charge in [0.1, 0.15) is 17.0 Å². The number of hydrogen-bond acceptors (Lipinski definition) is 5. The molecular weight excluding hydrogens is 491 g/mol. The molecule has 5 nitrogen and oxygen atoms in total. The minimum Gasteiger partial charge on any atom is -0.462 e. The van der Waals surface area contributed by atoms with E-state index in [2.05, 4.69) is 0 Å². The van der Waals surface area contributed by atoms with Crippen LogP contribution in [0.15, 0.2) is 64.8 Å². The van der Waals surface area contributed by atoms with Crippen molar-refractivity contribution in [2.45, 2.75) is 44.5 Å². The summed E-state index contributed by atoms with van der Waals surface area (Å²) >= 11 is 7.11. The van der Waals surface area contributed by atoms with Gasteiger partial charge in [0.25, 0.3) is 0 Å². The number of benzene rings is 1. The van der Waals surface area contributed by atoms with Gasteiger partial charge in [-0.1, -0.05) is 48.9 Å². The second-order valence-electron chi connectivity index (χ2n) is 8.94. The van der Waals surface area contributed by atoms with Gasteiger partial charge in [0.2, 0.25) is 12.2 Å². The molecule has 3 heterocycles. The molecule has 2 unspecified atom stereocenters. The van der Waals surface area contributed by atoms with Crippen molar-refractivity contribution in [3.8, 4) is 0 Å². The third kappa shape index (κ3) is 5.11. The van der Waals surface area contributed by atoms with Crippen LogP contribution >= 0.6 is 22.9 Å². The molecule has 0 bridgehead atoms. The second kappa shape index (κ2) is 9.28. The number of halogens is 4. The minimum absolute atomic E-state index is 0.00627. The van der Waals surface area contributed by atoms with Crippen LogP contribution in [-0.2, 0) is 22.4 Å². The summed E-state index contributed by atoms with van der Waals surface area (Å²) in [5.41, 5.74) is -3.47. The van der Waals surface area contributed by atoms with E-state index in [1.54, 1.807) is 18.4 Å². The number of allylic oxidation sites excluding steroid dienone is 1. The Morgan fingerprint density at radius 3 is 2.56 bits per heavy atom. The second-order valence-corrected chi connectivity index (χ2v) is 10.3. The molecule has 1 aliphatic heterocycles. The number of aromatic nitrogens is 1. The van der Waals surface area contributed by atoms with Gasteiger partial charge >= 0.3 is 6.18 Å². The van der Waals surface area contributed by atoms with Crippen molar-refractivity contribution in [2.24, 2.45) is 5.41 Å². The van der Waals surface area contributed by atoms with E-state index in [1.165, 1.54) is 10.8 Å². The van der Waals surface area contributed by atoms with Crippen LogP contribution in [0.4, 0.5) is 13.2 Å². The predicted molar refractivity (Wildman–Crippen MR) is 125 cm³/mol. The van der Waals surface area contributed by atoms with Crippen LogP contribution in [-0.4, -0.2) is 28.2 Å². The molecule has 0 aliphatic carbocycles. The molecule has 0 amide bonds. The first-order valence-electron chi connectivity index (χ1n) is 10.5. The lowest BCUT2D eigenvalue weighted by atomic mass is 9.71. The Morgan fingerprint density at radius 1 is 1.18 bits per heavy atom. The highest BCUT2D eigenvalue weighted by Crippen LogP contribution is 2.46. The van der Waals surface area contributed by atoms with Crippen molar-refractivity contribution in [1.82, 2.24) is 4.57 Å². The van der Waals surface area contributed by atoms with E-state index >= 15 is 0 Å². The van der Waals surface area contributed by atoms with E-state index in [0.717, 1.165) is 23.1 Å². The van der Waals surface area contributed by atoms with E-state index in [1.807, 2.05) is 30.3 Å². The summed E-state index contributed by atoms with van der Waals surface area (Å²) in [5.74, 6) is 0.426.